The van der Waals surface area contributed by atoms with Gasteiger partial charge in [-0.1, -0.05) is 37.1 Å². The highest BCUT2D eigenvalue weighted by molar-refractivity contribution is 5.60. The van der Waals surface area contributed by atoms with E-state index < -0.39 is 0 Å². The van der Waals surface area contributed by atoms with Gasteiger partial charge in [0.05, 0.1) is 0 Å². The van der Waals surface area contributed by atoms with Crippen molar-refractivity contribution in [2.75, 3.05) is 6.54 Å². The Labute approximate surface area is 113 Å². The van der Waals surface area contributed by atoms with Crippen molar-refractivity contribution in [3.05, 3.63) is 35.7 Å². The Morgan fingerprint density at radius 3 is 2.79 bits per heavy atom. The fourth-order valence-electron chi connectivity index (χ4n) is 2.89. The molecule has 0 radical (unpaired) electrons. The van der Waals surface area contributed by atoms with Gasteiger partial charge in [-0.15, -0.1) is 0 Å². The monoisotopic (exact) mass is 256 g/mol. The van der Waals surface area contributed by atoms with Gasteiger partial charge >= 0.3 is 0 Å². The van der Waals surface area contributed by atoms with E-state index in [1.165, 1.54) is 31.2 Å². The second-order valence-corrected chi connectivity index (χ2v) is 5.22. The molecule has 3 rings (SSSR count). The number of nitrogens with one attached hydrogen (secondary N) is 1. The third-order valence-corrected chi connectivity index (χ3v) is 3.92. The van der Waals surface area contributed by atoms with Crippen LogP contribution in [0.3, 0.4) is 0 Å². The summed E-state index contributed by atoms with van der Waals surface area (Å²) in [7, 11) is 0. The number of aromatic amines is 1. The molecule has 0 spiro atoms. The minimum absolute atomic E-state index is 0.572. The van der Waals surface area contributed by atoms with Gasteiger partial charge in [0, 0.05) is 11.5 Å². The summed E-state index contributed by atoms with van der Waals surface area (Å²) >= 11 is 0. The van der Waals surface area contributed by atoms with Gasteiger partial charge < -0.3 is 5.73 Å². The lowest BCUT2D eigenvalue weighted by molar-refractivity contribution is 0.672. The topological polar surface area (TPSA) is 67.6 Å². The van der Waals surface area contributed by atoms with Crippen molar-refractivity contribution in [2.45, 2.75) is 38.0 Å². The molecule has 0 amide bonds. The van der Waals surface area contributed by atoms with Crippen LogP contribution in [0.15, 0.2) is 24.3 Å². The maximum atomic E-state index is 5.66. The third kappa shape index (κ3) is 2.54. The molecule has 4 nitrogen and oxygen atoms in total. The van der Waals surface area contributed by atoms with Crippen LogP contribution in [-0.4, -0.2) is 21.7 Å². The standard InChI is InChI=1S/C15H20N4/c16-10-9-11-5-3-4-8-13(11)15-17-14(18-19-15)12-6-1-2-7-12/h3-5,8,12H,1-2,6-7,9-10,16H2,(H,17,18,19). The first kappa shape index (κ1) is 12.4. The van der Waals surface area contributed by atoms with E-state index in [1.54, 1.807) is 0 Å². The first-order valence-electron chi connectivity index (χ1n) is 7.09. The molecule has 0 unspecified atom stereocenters. The minimum Gasteiger partial charge on any atom is -0.330 e. The summed E-state index contributed by atoms with van der Waals surface area (Å²) in [5.74, 6) is 2.43. The van der Waals surface area contributed by atoms with Crippen molar-refractivity contribution >= 4 is 0 Å². The molecule has 1 aliphatic rings. The maximum absolute atomic E-state index is 5.66. The van der Waals surface area contributed by atoms with Crippen LogP contribution in [0.5, 0.6) is 0 Å². The Morgan fingerprint density at radius 2 is 2.00 bits per heavy atom. The van der Waals surface area contributed by atoms with Gasteiger partial charge in [-0.2, -0.15) is 5.10 Å². The van der Waals surface area contributed by atoms with Crippen LogP contribution in [0.1, 0.15) is 43.0 Å². The van der Waals surface area contributed by atoms with Crippen molar-refractivity contribution < 1.29 is 0 Å². The number of aromatic nitrogens is 3. The maximum Gasteiger partial charge on any atom is 0.181 e. The summed E-state index contributed by atoms with van der Waals surface area (Å²) in [4.78, 5) is 4.70. The molecule has 1 aliphatic carbocycles. The Bertz CT molecular complexity index is 541. The number of hydrogen-bond acceptors (Lipinski definition) is 3. The summed E-state index contributed by atoms with van der Waals surface area (Å²) in [5, 5.41) is 7.52. The molecule has 0 atom stereocenters. The number of H-pyrrole nitrogens is 1. The van der Waals surface area contributed by atoms with E-state index in [-0.39, 0.29) is 0 Å². The van der Waals surface area contributed by atoms with Gasteiger partial charge in [0.15, 0.2) is 5.82 Å². The highest BCUT2D eigenvalue weighted by Gasteiger charge is 2.21. The summed E-state index contributed by atoms with van der Waals surface area (Å²) in [6.07, 6.45) is 5.95. The molecule has 100 valence electrons. The summed E-state index contributed by atoms with van der Waals surface area (Å²) in [6, 6.07) is 8.25. The fourth-order valence-corrected chi connectivity index (χ4v) is 2.89. The molecule has 0 bridgehead atoms. The van der Waals surface area contributed by atoms with Gasteiger partial charge in [-0.25, -0.2) is 4.98 Å². The minimum atomic E-state index is 0.572. The van der Waals surface area contributed by atoms with E-state index >= 15 is 0 Å². The second-order valence-electron chi connectivity index (χ2n) is 5.22. The van der Waals surface area contributed by atoms with Gasteiger partial charge in [0.25, 0.3) is 0 Å². The van der Waals surface area contributed by atoms with E-state index in [0.717, 1.165) is 23.6 Å². The smallest absolute Gasteiger partial charge is 0.181 e. The predicted molar refractivity (Wildman–Crippen MR) is 75.8 cm³/mol. The Kier molecular flexibility index (Phi) is 3.60. The Balaban J connectivity index is 1.89. The molecular weight excluding hydrogens is 236 g/mol. The number of rotatable bonds is 4. The molecular formula is C15H20N4. The fraction of sp³-hybridized carbons (Fsp3) is 0.467. The molecule has 3 N–H and O–H groups in total. The average Bonchev–Trinajstić information content (AvgIpc) is 3.11. The van der Waals surface area contributed by atoms with Gasteiger partial charge in [-0.3, -0.25) is 5.10 Å². The molecule has 0 aliphatic heterocycles. The first-order chi connectivity index (χ1) is 9.38. The van der Waals surface area contributed by atoms with Crippen molar-refractivity contribution in [3.63, 3.8) is 0 Å². The van der Waals surface area contributed by atoms with Crippen LogP contribution < -0.4 is 5.73 Å². The van der Waals surface area contributed by atoms with Crippen LogP contribution in [0.4, 0.5) is 0 Å². The molecule has 0 saturated heterocycles. The first-order valence-corrected chi connectivity index (χ1v) is 7.09. The highest BCUT2D eigenvalue weighted by Crippen LogP contribution is 2.33. The molecule has 1 saturated carbocycles. The van der Waals surface area contributed by atoms with Gasteiger partial charge in [0.1, 0.15) is 5.82 Å². The zero-order valence-electron chi connectivity index (χ0n) is 11.1. The molecule has 19 heavy (non-hydrogen) atoms. The van der Waals surface area contributed by atoms with Crippen molar-refractivity contribution in [3.8, 4) is 11.4 Å². The quantitative estimate of drug-likeness (QED) is 0.883. The van der Waals surface area contributed by atoms with E-state index in [0.29, 0.717) is 12.5 Å². The zero-order valence-corrected chi connectivity index (χ0v) is 11.1. The van der Waals surface area contributed by atoms with E-state index in [1.807, 2.05) is 12.1 Å². The SMILES string of the molecule is NCCc1ccccc1-c1n[nH]c(C2CCCC2)n1. The Morgan fingerprint density at radius 1 is 1.21 bits per heavy atom. The zero-order chi connectivity index (χ0) is 13.1. The molecule has 1 aromatic heterocycles. The van der Waals surface area contributed by atoms with Crippen LogP contribution in [0, 0.1) is 0 Å². The van der Waals surface area contributed by atoms with Crippen molar-refractivity contribution in [2.24, 2.45) is 5.73 Å². The molecule has 1 heterocycles. The highest BCUT2D eigenvalue weighted by atomic mass is 15.2. The number of benzene rings is 1. The van der Waals surface area contributed by atoms with Gasteiger partial charge in [-0.05, 0) is 31.4 Å². The van der Waals surface area contributed by atoms with Crippen molar-refractivity contribution in [1.82, 2.24) is 15.2 Å². The summed E-state index contributed by atoms with van der Waals surface area (Å²) < 4.78 is 0. The normalized spacial score (nSPS) is 16.1. The molecule has 4 heteroatoms. The van der Waals surface area contributed by atoms with E-state index in [9.17, 15) is 0 Å². The average molecular weight is 256 g/mol. The summed E-state index contributed by atoms with van der Waals surface area (Å²) in [5.41, 5.74) is 7.99. The van der Waals surface area contributed by atoms with Crippen LogP contribution in [0.2, 0.25) is 0 Å². The lowest BCUT2D eigenvalue weighted by Gasteiger charge is -2.05. The third-order valence-electron chi connectivity index (χ3n) is 3.92. The summed E-state index contributed by atoms with van der Waals surface area (Å²) in [6.45, 7) is 0.650. The van der Waals surface area contributed by atoms with Crippen LogP contribution in [0.25, 0.3) is 11.4 Å². The molecule has 1 fully saturated rings. The lowest BCUT2D eigenvalue weighted by Crippen LogP contribution is -2.04. The van der Waals surface area contributed by atoms with Crippen molar-refractivity contribution in [1.29, 1.82) is 0 Å². The number of nitrogens with two attached hydrogens (primary N) is 1. The lowest BCUT2D eigenvalue weighted by atomic mass is 10.0. The predicted octanol–water partition coefficient (Wildman–Crippen LogP) is 2.63. The van der Waals surface area contributed by atoms with E-state index in [4.69, 9.17) is 10.7 Å². The molecule has 2 aromatic rings. The van der Waals surface area contributed by atoms with Crippen LogP contribution in [-0.2, 0) is 6.42 Å². The Hall–Kier alpha value is -1.68. The van der Waals surface area contributed by atoms with Crippen LogP contribution >= 0.6 is 0 Å². The number of nitrogens with zero attached hydrogens (tertiary/aromatic N) is 2. The van der Waals surface area contributed by atoms with E-state index in [2.05, 4.69) is 22.3 Å². The van der Waals surface area contributed by atoms with Gasteiger partial charge in [0.2, 0.25) is 0 Å². The largest absolute Gasteiger partial charge is 0.330 e. The number of hydrogen-bond donors (Lipinski definition) is 2. The molecule has 1 aromatic carbocycles. The second kappa shape index (κ2) is 5.53.